The van der Waals surface area contributed by atoms with E-state index in [0.29, 0.717) is 16.3 Å². The maximum atomic E-state index is 11.0. The summed E-state index contributed by atoms with van der Waals surface area (Å²) < 4.78 is 4.55. The van der Waals surface area contributed by atoms with Crippen molar-refractivity contribution in [2.75, 3.05) is 12.9 Å². The summed E-state index contributed by atoms with van der Waals surface area (Å²) in [6.07, 6.45) is 0. The number of halogens is 1. The van der Waals surface area contributed by atoms with E-state index in [2.05, 4.69) is 11.3 Å². The average molecular weight is 243 g/mol. The van der Waals surface area contributed by atoms with Gasteiger partial charge in [0.05, 0.1) is 7.11 Å². The fourth-order valence-corrected chi connectivity index (χ4v) is 1.82. The number of benzene rings is 1. The highest BCUT2D eigenvalue weighted by Gasteiger charge is 2.06. The number of carbonyl (C=O) groups is 1. The first-order valence-electron chi connectivity index (χ1n) is 4.28. The Balaban J connectivity index is 2.47. The molecule has 0 aliphatic rings. The first-order valence-corrected chi connectivity index (χ1v) is 5.64. The molecule has 0 unspecified atom stereocenters. The number of esters is 1. The lowest BCUT2D eigenvalue weighted by atomic mass is 10.4. The standard InChI is InChI=1S/C11H11ClO2S/c1-8(11(13)14-2)7-15-10-5-3-9(12)4-6-10/h3-6H,1,7H2,2H3. The van der Waals surface area contributed by atoms with Crippen LogP contribution in [0.5, 0.6) is 0 Å². The van der Waals surface area contributed by atoms with Gasteiger partial charge in [0, 0.05) is 21.2 Å². The van der Waals surface area contributed by atoms with E-state index in [1.807, 2.05) is 24.3 Å². The molecule has 0 saturated heterocycles. The summed E-state index contributed by atoms with van der Waals surface area (Å²) in [6, 6.07) is 7.42. The van der Waals surface area contributed by atoms with Gasteiger partial charge in [0.2, 0.25) is 0 Å². The molecular weight excluding hydrogens is 232 g/mol. The zero-order valence-corrected chi connectivity index (χ0v) is 9.90. The molecule has 0 aliphatic heterocycles. The van der Waals surface area contributed by atoms with Gasteiger partial charge in [-0.05, 0) is 24.3 Å². The van der Waals surface area contributed by atoms with Crippen LogP contribution in [0.3, 0.4) is 0 Å². The van der Waals surface area contributed by atoms with E-state index in [0.717, 1.165) is 4.90 Å². The van der Waals surface area contributed by atoms with E-state index in [1.54, 1.807) is 0 Å². The summed E-state index contributed by atoms with van der Waals surface area (Å²) in [5.74, 6) is 0.158. The Morgan fingerprint density at radius 3 is 2.60 bits per heavy atom. The quantitative estimate of drug-likeness (QED) is 0.461. The van der Waals surface area contributed by atoms with Crippen molar-refractivity contribution in [3.63, 3.8) is 0 Å². The minimum atomic E-state index is -0.364. The maximum absolute atomic E-state index is 11.0. The number of rotatable bonds is 4. The zero-order valence-electron chi connectivity index (χ0n) is 8.33. The molecule has 0 fully saturated rings. The molecule has 0 amide bonds. The van der Waals surface area contributed by atoms with Crippen LogP contribution in [0.1, 0.15) is 0 Å². The van der Waals surface area contributed by atoms with Crippen molar-refractivity contribution in [3.05, 3.63) is 41.4 Å². The molecule has 0 atom stereocenters. The lowest BCUT2D eigenvalue weighted by molar-refractivity contribution is -0.135. The lowest BCUT2D eigenvalue weighted by Gasteiger charge is -2.03. The van der Waals surface area contributed by atoms with Gasteiger partial charge in [0.15, 0.2) is 0 Å². The van der Waals surface area contributed by atoms with Gasteiger partial charge in [-0.1, -0.05) is 18.2 Å². The molecule has 0 aromatic heterocycles. The minimum absolute atomic E-state index is 0.364. The number of methoxy groups -OCH3 is 1. The number of ether oxygens (including phenoxy) is 1. The van der Waals surface area contributed by atoms with Crippen LogP contribution < -0.4 is 0 Å². The summed E-state index contributed by atoms with van der Waals surface area (Å²) >= 11 is 7.27. The van der Waals surface area contributed by atoms with Gasteiger partial charge in [-0.3, -0.25) is 0 Å². The molecule has 0 radical (unpaired) electrons. The molecular formula is C11H11ClO2S. The van der Waals surface area contributed by atoms with Crippen molar-refractivity contribution < 1.29 is 9.53 Å². The van der Waals surface area contributed by atoms with Crippen LogP contribution in [-0.2, 0) is 9.53 Å². The first kappa shape index (κ1) is 12.1. The van der Waals surface area contributed by atoms with Crippen molar-refractivity contribution >= 4 is 29.3 Å². The van der Waals surface area contributed by atoms with Gasteiger partial charge in [-0.25, -0.2) is 4.79 Å². The Bertz CT molecular complexity index is 359. The summed E-state index contributed by atoms with van der Waals surface area (Å²) in [7, 11) is 1.35. The Morgan fingerprint density at radius 2 is 2.07 bits per heavy atom. The Labute approximate surface area is 98.3 Å². The largest absolute Gasteiger partial charge is 0.466 e. The molecule has 0 aliphatic carbocycles. The number of hydrogen-bond acceptors (Lipinski definition) is 3. The van der Waals surface area contributed by atoms with Crippen molar-refractivity contribution in [1.29, 1.82) is 0 Å². The van der Waals surface area contributed by atoms with Gasteiger partial charge >= 0.3 is 5.97 Å². The second-order valence-corrected chi connectivity index (χ2v) is 4.32. The zero-order chi connectivity index (χ0) is 11.3. The van der Waals surface area contributed by atoms with Crippen LogP contribution in [0, 0.1) is 0 Å². The van der Waals surface area contributed by atoms with Crippen molar-refractivity contribution in [1.82, 2.24) is 0 Å². The summed E-state index contributed by atoms with van der Waals surface area (Å²) in [5, 5.41) is 0.700. The van der Waals surface area contributed by atoms with Gasteiger partial charge in [-0.2, -0.15) is 0 Å². The molecule has 0 N–H and O–H groups in total. The number of carbonyl (C=O) groups excluding carboxylic acids is 1. The summed E-state index contributed by atoms with van der Waals surface area (Å²) in [5.41, 5.74) is 0.456. The highest BCUT2D eigenvalue weighted by molar-refractivity contribution is 7.99. The fraction of sp³-hybridized carbons (Fsp3) is 0.182. The smallest absolute Gasteiger partial charge is 0.333 e. The Hall–Kier alpha value is -0.930. The average Bonchev–Trinajstić information content (AvgIpc) is 2.26. The second kappa shape index (κ2) is 5.83. The SMILES string of the molecule is C=C(CSc1ccc(Cl)cc1)C(=O)OC. The van der Waals surface area contributed by atoms with Gasteiger partial charge in [0.1, 0.15) is 0 Å². The molecule has 0 saturated carbocycles. The number of hydrogen-bond donors (Lipinski definition) is 0. The van der Waals surface area contributed by atoms with Crippen LogP contribution in [-0.4, -0.2) is 18.8 Å². The van der Waals surface area contributed by atoms with Crippen LogP contribution in [0.2, 0.25) is 5.02 Å². The molecule has 2 nitrogen and oxygen atoms in total. The van der Waals surface area contributed by atoms with Crippen LogP contribution in [0.15, 0.2) is 41.3 Å². The van der Waals surface area contributed by atoms with E-state index in [1.165, 1.54) is 18.9 Å². The molecule has 1 aromatic rings. The fourth-order valence-electron chi connectivity index (χ4n) is 0.905. The molecule has 0 heterocycles. The minimum Gasteiger partial charge on any atom is -0.466 e. The van der Waals surface area contributed by atoms with E-state index in [9.17, 15) is 4.79 Å². The van der Waals surface area contributed by atoms with Crippen molar-refractivity contribution in [2.24, 2.45) is 0 Å². The topological polar surface area (TPSA) is 26.3 Å². The van der Waals surface area contributed by atoms with E-state index in [4.69, 9.17) is 11.6 Å². The third-order valence-corrected chi connectivity index (χ3v) is 3.05. The van der Waals surface area contributed by atoms with E-state index >= 15 is 0 Å². The van der Waals surface area contributed by atoms with Crippen molar-refractivity contribution in [3.8, 4) is 0 Å². The molecule has 15 heavy (non-hydrogen) atoms. The Morgan fingerprint density at radius 1 is 1.47 bits per heavy atom. The van der Waals surface area contributed by atoms with Crippen LogP contribution in [0.25, 0.3) is 0 Å². The third-order valence-electron chi connectivity index (χ3n) is 1.70. The maximum Gasteiger partial charge on any atom is 0.333 e. The normalized spacial score (nSPS) is 9.73. The second-order valence-electron chi connectivity index (χ2n) is 2.84. The monoisotopic (exact) mass is 242 g/mol. The molecule has 1 aromatic carbocycles. The predicted molar refractivity (Wildman–Crippen MR) is 63.3 cm³/mol. The van der Waals surface area contributed by atoms with Crippen molar-refractivity contribution in [2.45, 2.75) is 4.90 Å². The van der Waals surface area contributed by atoms with Crippen LogP contribution >= 0.6 is 23.4 Å². The van der Waals surface area contributed by atoms with Gasteiger partial charge < -0.3 is 4.74 Å². The van der Waals surface area contributed by atoms with E-state index < -0.39 is 0 Å². The first-order chi connectivity index (χ1) is 7.13. The molecule has 0 spiro atoms. The third kappa shape index (κ3) is 3.98. The molecule has 1 rings (SSSR count). The number of thioether (sulfide) groups is 1. The van der Waals surface area contributed by atoms with E-state index in [-0.39, 0.29) is 5.97 Å². The lowest BCUT2D eigenvalue weighted by Crippen LogP contribution is -2.05. The highest BCUT2D eigenvalue weighted by atomic mass is 35.5. The summed E-state index contributed by atoms with van der Waals surface area (Å²) in [6.45, 7) is 3.64. The summed E-state index contributed by atoms with van der Waals surface area (Å²) in [4.78, 5) is 12.1. The molecule has 4 heteroatoms. The van der Waals surface area contributed by atoms with Gasteiger partial charge in [-0.15, -0.1) is 11.8 Å². The molecule has 0 bridgehead atoms. The Kier molecular flexibility index (Phi) is 4.72. The predicted octanol–water partition coefficient (Wildman–Crippen LogP) is 3.16. The highest BCUT2D eigenvalue weighted by Crippen LogP contribution is 2.22. The van der Waals surface area contributed by atoms with Crippen LogP contribution in [0.4, 0.5) is 0 Å². The molecule has 80 valence electrons. The van der Waals surface area contributed by atoms with Gasteiger partial charge in [0.25, 0.3) is 0 Å².